The van der Waals surface area contributed by atoms with Crippen molar-refractivity contribution in [2.45, 2.75) is 51.5 Å². The van der Waals surface area contributed by atoms with E-state index < -0.39 is 17.4 Å². The highest BCUT2D eigenvalue weighted by Crippen LogP contribution is 2.17. The van der Waals surface area contributed by atoms with Gasteiger partial charge in [0.2, 0.25) is 0 Å². The molecular weight excluding hydrogens is 316 g/mol. The summed E-state index contributed by atoms with van der Waals surface area (Å²) in [6.07, 6.45) is 1.82. The molecule has 0 fully saturated rings. The number of ether oxygens (including phenoxy) is 2. The summed E-state index contributed by atoms with van der Waals surface area (Å²) in [5.74, 6) is -0.316. The van der Waals surface area contributed by atoms with E-state index in [1.165, 1.54) is 0 Å². The van der Waals surface area contributed by atoms with Gasteiger partial charge in [-0.25, -0.2) is 4.79 Å². The van der Waals surface area contributed by atoms with Crippen molar-refractivity contribution in [3.05, 3.63) is 12.2 Å². The van der Waals surface area contributed by atoms with Crippen LogP contribution >= 0.6 is 0 Å². The summed E-state index contributed by atoms with van der Waals surface area (Å²) < 4.78 is 16.6. The zero-order valence-corrected chi connectivity index (χ0v) is 16.4. The molecule has 1 radical (unpaired) electrons. The van der Waals surface area contributed by atoms with Gasteiger partial charge in [0, 0.05) is 12.2 Å². The minimum absolute atomic E-state index is 0.0787. The molecule has 0 atom stereocenters. The van der Waals surface area contributed by atoms with Gasteiger partial charge in [-0.2, -0.15) is 0 Å². The van der Waals surface area contributed by atoms with Crippen LogP contribution in [-0.4, -0.2) is 54.9 Å². The Hall–Kier alpha value is -0.476. The van der Waals surface area contributed by atoms with Crippen LogP contribution in [0.25, 0.3) is 0 Å². The SMILES string of the molecule is C=C(C)C(=O)OCCC[Si](C)O[Si](C)(C)CCCOCCO. The number of esters is 1. The molecule has 0 aliphatic rings. The first kappa shape index (κ1) is 21.5. The highest BCUT2D eigenvalue weighted by atomic mass is 28.4. The molecule has 0 amide bonds. The fourth-order valence-corrected chi connectivity index (χ4v) is 8.18. The molecule has 0 spiro atoms. The Labute approximate surface area is 137 Å². The Morgan fingerprint density at radius 1 is 1.23 bits per heavy atom. The first-order chi connectivity index (χ1) is 10.3. The van der Waals surface area contributed by atoms with Crippen LogP contribution < -0.4 is 0 Å². The van der Waals surface area contributed by atoms with Gasteiger partial charge < -0.3 is 18.7 Å². The van der Waals surface area contributed by atoms with Gasteiger partial charge >= 0.3 is 5.97 Å². The molecule has 0 aliphatic heterocycles. The molecule has 0 aliphatic carbocycles. The summed E-state index contributed by atoms with van der Waals surface area (Å²) in [7, 11) is -2.49. The van der Waals surface area contributed by atoms with E-state index in [2.05, 4.69) is 26.2 Å². The summed E-state index contributed by atoms with van der Waals surface area (Å²) in [6, 6.07) is 2.04. The second-order valence-corrected chi connectivity index (χ2v) is 12.8. The van der Waals surface area contributed by atoms with Crippen molar-refractivity contribution in [2.24, 2.45) is 0 Å². The summed E-state index contributed by atoms with van der Waals surface area (Å²) in [4.78, 5) is 11.2. The average molecular weight is 348 g/mol. The van der Waals surface area contributed by atoms with E-state index in [4.69, 9.17) is 18.7 Å². The smallest absolute Gasteiger partial charge is 0.333 e. The van der Waals surface area contributed by atoms with Gasteiger partial charge in [0.1, 0.15) is 0 Å². The maximum Gasteiger partial charge on any atom is 0.333 e. The summed E-state index contributed by atoms with van der Waals surface area (Å²) in [6.45, 7) is 13.4. The van der Waals surface area contributed by atoms with Crippen molar-refractivity contribution in [2.75, 3.05) is 26.4 Å². The lowest BCUT2D eigenvalue weighted by molar-refractivity contribution is -0.138. The Balaban J connectivity index is 3.76. The molecule has 1 N–H and O–H groups in total. The van der Waals surface area contributed by atoms with Crippen LogP contribution in [0.2, 0.25) is 31.7 Å². The number of hydrogen-bond acceptors (Lipinski definition) is 5. The van der Waals surface area contributed by atoms with Crippen LogP contribution in [0.5, 0.6) is 0 Å². The quantitative estimate of drug-likeness (QED) is 0.240. The van der Waals surface area contributed by atoms with Crippen molar-refractivity contribution in [3.63, 3.8) is 0 Å². The lowest BCUT2D eigenvalue weighted by Gasteiger charge is -2.27. The summed E-state index contributed by atoms with van der Waals surface area (Å²) in [5, 5.41) is 8.64. The molecule has 0 rings (SSSR count). The average Bonchev–Trinajstić information content (AvgIpc) is 2.42. The van der Waals surface area contributed by atoms with Gasteiger partial charge in [0.25, 0.3) is 0 Å². The molecule has 0 aromatic heterocycles. The van der Waals surface area contributed by atoms with Gasteiger partial charge in [-0.3, -0.25) is 0 Å². The third kappa shape index (κ3) is 12.1. The molecule has 7 heteroatoms. The molecule has 0 aromatic carbocycles. The lowest BCUT2D eigenvalue weighted by Crippen LogP contribution is -2.36. The number of aliphatic hydroxyl groups is 1. The van der Waals surface area contributed by atoms with Crippen molar-refractivity contribution in [1.29, 1.82) is 0 Å². The molecule has 0 bridgehead atoms. The minimum Gasteiger partial charge on any atom is -0.462 e. The fourth-order valence-electron chi connectivity index (χ4n) is 1.95. The van der Waals surface area contributed by atoms with Crippen molar-refractivity contribution >= 4 is 23.3 Å². The molecule has 0 heterocycles. The van der Waals surface area contributed by atoms with Crippen LogP contribution in [0, 0.1) is 0 Å². The minimum atomic E-state index is -1.65. The largest absolute Gasteiger partial charge is 0.462 e. The predicted octanol–water partition coefficient (Wildman–Crippen LogP) is 2.74. The Kier molecular flexibility index (Phi) is 11.7. The Morgan fingerprint density at radius 3 is 2.50 bits per heavy atom. The number of hydrogen-bond donors (Lipinski definition) is 1. The predicted molar refractivity (Wildman–Crippen MR) is 92.7 cm³/mol. The standard InChI is InChI=1S/C15H31O5Si2/c1-14(2)15(17)19-10-6-12-21(3)20-22(4,5)13-7-9-18-11-8-16/h16H,1,6-13H2,2-5H3. The molecule has 0 unspecified atom stereocenters. The van der Waals surface area contributed by atoms with E-state index in [0.29, 0.717) is 25.4 Å². The highest BCUT2D eigenvalue weighted by molar-refractivity contribution is 6.78. The molecular formula is C15H31O5Si2. The second-order valence-electron chi connectivity index (χ2n) is 6.02. The van der Waals surface area contributed by atoms with Crippen molar-refractivity contribution in [1.82, 2.24) is 0 Å². The van der Waals surface area contributed by atoms with E-state index in [1.807, 2.05) is 0 Å². The van der Waals surface area contributed by atoms with E-state index in [9.17, 15) is 4.79 Å². The topological polar surface area (TPSA) is 65.0 Å². The number of carbonyl (C=O) groups excluding carboxylic acids is 1. The molecule has 5 nitrogen and oxygen atoms in total. The lowest BCUT2D eigenvalue weighted by atomic mass is 10.4. The summed E-state index contributed by atoms with van der Waals surface area (Å²) >= 11 is 0. The third-order valence-corrected chi connectivity index (χ3v) is 9.23. The highest BCUT2D eigenvalue weighted by Gasteiger charge is 2.25. The number of aliphatic hydroxyl groups excluding tert-OH is 1. The van der Waals surface area contributed by atoms with Gasteiger partial charge in [0.15, 0.2) is 17.4 Å². The maximum atomic E-state index is 11.2. The number of rotatable bonds is 13. The van der Waals surface area contributed by atoms with Gasteiger partial charge in [-0.05, 0) is 51.5 Å². The molecule has 0 aromatic rings. The van der Waals surface area contributed by atoms with Crippen LogP contribution in [0.1, 0.15) is 19.8 Å². The molecule has 22 heavy (non-hydrogen) atoms. The van der Waals surface area contributed by atoms with Crippen LogP contribution in [0.3, 0.4) is 0 Å². The van der Waals surface area contributed by atoms with E-state index in [1.54, 1.807) is 6.92 Å². The van der Waals surface area contributed by atoms with Crippen molar-refractivity contribution in [3.8, 4) is 0 Å². The Bertz CT molecular complexity index is 334. The monoisotopic (exact) mass is 347 g/mol. The molecule has 0 saturated heterocycles. The van der Waals surface area contributed by atoms with Gasteiger partial charge in [0.05, 0.1) is 19.8 Å². The third-order valence-electron chi connectivity index (χ3n) is 3.01. The first-order valence-electron chi connectivity index (χ1n) is 7.81. The van der Waals surface area contributed by atoms with Crippen molar-refractivity contribution < 1.29 is 23.5 Å². The zero-order valence-electron chi connectivity index (χ0n) is 14.4. The fraction of sp³-hybridized carbons (Fsp3) is 0.800. The molecule has 0 saturated carbocycles. The normalized spacial score (nSPS) is 11.7. The van der Waals surface area contributed by atoms with Crippen LogP contribution in [0.4, 0.5) is 0 Å². The van der Waals surface area contributed by atoms with Gasteiger partial charge in [-0.15, -0.1) is 0 Å². The first-order valence-corrected chi connectivity index (χ1v) is 13.0. The van der Waals surface area contributed by atoms with Crippen LogP contribution in [0.15, 0.2) is 12.2 Å². The van der Waals surface area contributed by atoms with Crippen LogP contribution in [-0.2, 0) is 18.4 Å². The maximum absolute atomic E-state index is 11.2. The van der Waals surface area contributed by atoms with Gasteiger partial charge in [-0.1, -0.05) is 6.58 Å². The van der Waals surface area contributed by atoms with E-state index >= 15 is 0 Å². The second kappa shape index (κ2) is 12.0. The summed E-state index contributed by atoms with van der Waals surface area (Å²) in [5.41, 5.74) is 0.440. The molecule has 129 valence electrons. The van der Waals surface area contributed by atoms with E-state index in [0.717, 1.165) is 24.9 Å². The Morgan fingerprint density at radius 2 is 1.91 bits per heavy atom. The van der Waals surface area contributed by atoms with E-state index in [-0.39, 0.29) is 12.6 Å². The zero-order chi connectivity index (χ0) is 17.0. The number of carbonyl (C=O) groups is 1.